The first kappa shape index (κ1) is 15.4. The van der Waals surface area contributed by atoms with Gasteiger partial charge in [-0.1, -0.05) is 68.7 Å². The van der Waals surface area contributed by atoms with Gasteiger partial charge in [-0.15, -0.1) is 0 Å². The highest BCUT2D eigenvalue weighted by atomic mass is 14.2. The summed E-state index contributed by atoms with van der Waals surface area (Å²) >= 11 is 0. The largest absolute Gasteiger partial charge is 0.0999 e. The molecule has 2 rings (SSSR count). The molecule has 1 fully saturated rings. The van der Waals surface area contributed by atoms with Crippen molar-refractivity contribution in [3.63, 3.8) is 0 Å². The molecule has 0 aromatic rings. The van der Waals surface area contributed by atoms with Crippen LogP contribution in [-0.2, 0) is 0 Å². The van der Waals surface area contributed by atoms with Gasteiger partial charge in [-0.2, -0.15) is 0 Å². The van der Waals surface area contributed by atoms with Crippen LogP contribution in [0.25, 0.3) is 0 Å². The molecule has 1 saturated carbocycles. The molecule has 1 unspecified atom stereocenters. The summed E-state index contributed by atoms with van der Waals surface area (Å²) in [6, 6.07) is 0. The van der Waals surface area contributed by atoms with Gasteiger partial charge in [-0.05, 0) is 55.9 Å². The highest BCUT2D eigenvalue weighted by Gasteiger charge is 2.19. The van der Waals surface area contributed by atoms with Crippen molar-refractivity contribution in [1.82, 2.24) is 0 Å². The zero-order valence-corrected chi connectivity index (χ0v) is 13.3. The predicted molar refractivity (Wildman–Crippen MR) is 89.6 cm³/mol. The Morgan fingerprint density at radius 2 is 1.95 bits per heavy atom. The smallest absolute Gasteiger partial charge is 0.00388 e. The number of allylic oxidation sites excluding steroid dienone is 6. The fourth-order valence-corrected chi connectivity index (χ4v) is 3.42. The van der Waals surface area contributed by atoms with Crippen LogP contribution in [0.4, 0.5) is 0 Å². The predicted octanol–water partition coefficient (Wildman–Crippen LogP) is 6.23. The van der Waals surface area contributed by atoms with Crippen LogP contribution in [0.5, 0.6) is 0 Å². The van der Waals surface area contributed by atoms with E-state index in [1.807, 2.05) is 0 Å². The van der Waals surface area contributed by atoms with Crippen molar-refractivity contribution in [2.45, 2.75) is 58.8 Å². The number of rotatable bonds is 6. The normalized spacial score (nSPS) is 24.5. The van der Waals surface area contributed by atoms with Crippen LogP contribution in [-0.4, -0.2) is 0 Å². The van der Waals surface area contributed by atoms with E-state index >= 15 is 0 Å². The first-order valence-electron chi connectivity index (χ1n) is 8.28. The Labute approximate surface area is 125 Å². The molecule has 0 heterocycles. The van der Waals surface area contributed by atoms with Gasteiger partial charge in [0.2, 0.25) is 0 Å². The van der Waals surface area contributed by atoms with E-state index in [9.17, 15) is 0 Å². The van der Waals surface area contributed by atoms with E-state index in [4.69, 9.17) is 0 Å². The maximum absolute atomic E-state index is 4.37. The van der Waals surface area contributed by atoms with Crippen LogP contribution in [0.1, 0.15) is 58.8 Å². The van der Waals surface area contributed by atoms with E-state index in [0.29, 0.717) is 11.8 Å². The van der Waals surface area contributed by atoms with E-state index in [2.05, 4.69) is 45.2 Å². The van der Waals surface area contributed by atoms with E-state index in [-0.39, 0.29) is 0 Å². The highest BCUT2D eigenvalue weighted by molar-refractivity contribution is 5.33. The molecule has 0 radical (unpaired) electrons. The summed E-state index contributed by atoms with van der Waals surface area (Å²) in [5.74, 6) is 2.00. The molecule has 0 nitrogen and oxygen atoms in total. The second-order valence-corrected chi connectivity index (χ2v) is 6.92. The molecule has 0 amide bonds. The van der Waals surface area contributed by atoms with Crippen molar-refractivity contribution in [2.75, 3.05) is 0 Å². The average molecular weight is 270 g/mol. The molecule has 0 bridgehead atoms. The van der Waals surface area contributed by atoms with E-state index in [1.54, 1.807) is 0 Å². The molecule has 0 spiro atoms. The van der Waals surface area contributed by atoms with E-state index in [0.717, 1.165) is 12.3 Å². The highest BCUT2D eigenvalue weighted by Crippen LogP contribution is 2.34. The van der Waals surface area contributed by atoms with Crippen LogP contribution in [0.2, 0.25) is 0 Å². The van der Waals surface area contributed by atoms with Gasteiger partial charge in [-0.25, -0.2) is 0 Å². The van der Waals surface area contributed by atoms with Crippen molar-refractivity contribution in [3.05, 3.63) is 48.1 Å². The summed E-state index contributed by atoms with van der Waals surface area (Å²) in [6.45, 7) is 12.9. The van der Waals surface area contributed by atoms with Crippen molar-refractivity contribution in [3.8, 4) is 0 Å². The van der Waals surface area contributed by atoms with Crippen molar-refractivity contribution in [2.24, 2.45) is 17.8 Å². The van der Waals surface area contributed by atoms with Crippen LogP contribution >= 0.6 is 0 Å². The third-order valence-electron chi connectivity index (χ3n) is 5.07. The second kappa shape index (κ2) is 7.11. The van der Waals surface area contributed by atoms with Gasteiger partial charge in [0, 0.05) is 0 Å². The van der Waals surface area contributed by atoms with Crippen LogP contribution < -0.4 is 0 Å². The van der Waals surface area contributed by atoms with Gasteiger partial charge in [0.25, 0.3) is 0 Å². The SMILES string of the molecule is C=C(CC1=CC(C[C@H](C)C(=C)C)C=C1)C1CCCCC1. The minimum absolute atomic E-state index is 0.607. The third-order valence-corrected chi connectivity index (χ3v) is 5.07. The van der Waals surface area contributed by atoms with Gasteiger partial charge in [-0.3, -0.25) is 0 Å². The molecular formula is C20H30. The Morgan fingerprint density at radius 1 is 1.25 bits per heavy atom. The second-order valence-electron chi connectivity index (χ2n) is 6.92. The Bertz CT molecular complexity index is 415. The fraction of sp³-hybridized carbons (Fsp3) is 0.600. The summed E-state index contributed by atoms with van der Waals surface area (Å²) in [7, 11) is 0. The Morgan fingerprint density at radius 3 is 2.60 bits per heavy atom. The van der Waals surface area contributed by atoms with E-state index < -0.39 is 0 Å². The molecule has 0 N–H and O–H groups in total. The third kappa shape index (κ3) is 4.23. The zero-order valence-electron chi connectivity index (χ0n) is 13.3. The van der Waals surface area contributed by atoms with Crippen molar-refractivity contribution < 1.29 is 0 Å². The summed E-state index contributed by atoms with van der Waals surface area (Å²) in [5.41, 5.74) is 4.25. The van der Waals surface area contributed by atoms with Crippen LogP contribution in [0, 0.1) is 17.8 Å². The molecule has 0 aromatic carbocycles. The van der Waals surface area contributed by atoms with Crippen LogP contribution in [0.3, 0.4) is 0 Å². The molecular weight excluding hydrogens is 240 g/mol. The Hall–Kier alpha value is -1.04. The average Bonchev–Trinajstić information content (AvgIpc) is 2.86. The molecule has 0 aromatic heterocycles. The zero-order chi connectivity index (χ0) is 14.5. The number of hydrogen-bond donors (Lipinski definition) is 0. The van der Waals surface area contributed by atoms with Gasteiger partial charge in [0.1, 0.15) is 0 Å². The van der Waals surface area contributed by atoms with Crippen molar-refractivity contribution in [1.29, 1.82) is 0 Å². The Balaban J connectivity index is 1.83. The summed E-state index contributed by atoms with van der Waals surface area (Å²) < 4.78 is 0. The summed E-state index contributed by atoms with van der Waals surface area (Å²) in [6.07, 6.45) is 16.4. The molecule has 0 heteroatoms. The lowest BCUT2D eigenvalue weighted by Gasteiger charge is -2.23. The monoisotopic (exact) mass is 270 g/mol. The number of hydrogen-bond acceptors (Lipinski definition) is 0. The molecule has 0 aliphatic heterocycles. The lowest BCUT2D eigenvalue weighted by molar-refractivity contribution is 0.399. The fourth-order valence-electron chi connectivity index (χ4n) is 3.42. The topological polar surface area (TPSA) is 0 Å². The quantitative estimate of drug-likeness (QED) is 0.502. The van der Waals surface area contributed by atoms with Crippen molar-refractivity contribution >= 4 is 0 Å². The summed E-state index contributed by atoms with van der Waals surface area (Å²) in [4.78, 5) is 0. The van der Waals surface area contributed by atoms with Gasteiger partial charge >= 0.3 is 0 Å². The standard InChI is InChI=1S/C20H30/c1-15(2)16(3)12-18-10-11-19(14-18)13-17(4)20-8-6-5-7-9-20/h10-11,14,16,18,20H,1,4-9,12-13H2,2-3H3/t16-,18?/m0/s1. The maximum atomic E-state index is 4.37. The molecule has 2 atom stereocenters. The molecule has 0 saturated heterocycles. The maximum Gasteiger partial charge on any atom is -0.00388 e. The molecule has 2 aliphatic carbocycles. The molecule has 2 aliphatic rings. The van der Waals surface area contributed by atoms with E-state index in [1.165, 1.54) is 55.2 Å². The van der Waals surface area contributed by atoms with Gasteiger partial charge in [0.15, 0.2) is 0 Å². The first-order chi connectivity index (χ1) is 9.56. The Kier molecular flexibility index (Phi) is 5.46. The summed E-state index contributed by atoms with van der Waals surface area (Å²) in [5, 5.41) is 0. The lowest BCUT2D eigenvalue weighted by atomic mass is 9.82. The lowest BCUT2D eigenvalue weighted by Crippen LogP contribution is -2.08. The first-order valence-corrected chi connectivity index (χ1v) is 8.28. The van der Waals surface area contributed by atoms with Gasteiger partial charge < -0.3 is 0 Å². The minimum Gasteiger partial charge on any atom is -0.0999 e. The van der Waals surface area contributed by atoms with Gasteiger partial charge in [0.05, 0.1) is 0 Å². The molecule has 20 heavy (non-hydrogen) atoms. The minimum atomic E-state index is 0.607. The molecule has 110 valence electrons. The van der Waals surface area contributed by atoms with Crippen LogP contribution in [0.15, 0.2) is 48.1 Å².